The van der Waals surface area contributed by atoms with Crippen molar-refractivity contribution in [2.24, 2.45) is 0 Å². The fourth-order valence-corrected chi connectivity index (χ4v) is 7.19. The Balaban J connectivity index is 0.00000125. The zero-order valence-electron chi connectivity index (χ0n) is 23.3. The second-order valence-corrected chi connectivity index (χ2v) is 11.6. The van der Waals surface area contributed by atoms with Crippen molar-refractivity contribution in [3.8, 4) is 12.8 Å². The van der Waals surface area contributed by atoms with E-state index in [9.17, 15) is 13.2 Å². The Morgan fingerprint density at radius 3 is 2.15 bits per heavy atom. The van der Waals surface area contributed by atoms with Gasteiger partial charge in [-0.15, -0.1) is 19.4 Å². The number of halogens is 1. The lowest BCUT2D eigenvalue weighted by molar-refractivity contribution is -0.128. The molecule has 1 aromatic heterocycles. The summed E-state index contributed by atoms with van der Waals surface area (Å²) < 4.78 is 38.2. The van der Waals surface area contributed by atoms with E-state index in [4.69, 9.17) is 16.1 Å². The summed E-state index contributed by atoms with van der Waals surface area (Å²) in [6, 6.07) is 15.3. The topological polar surface area (TPSA) is 74.6 Å². The summed E-state index contributed by atoms with van der Waals surface area (Å²) in [5, 5.41) is 3.32. The van der Waals surface area contributed by atoms with Crippen molar-refractivity contribution in [1.29, 1.82) is 0 Å². The minimum atomic E-state index is -3.57. The van der Waals surface area contributed by atoms with Gasteiger partial charge >= 0.3 is 0 Å². The van der Waals surface area contributed by atoms with Crippen molar-refractivity contribution in [2.75, 3.05) is 19.0 Å². The van der Waals surface area contributed by atoms with Gasteiger partial charge in [0.1, 0.15) is 0 Å². The number of carbonyl (C=O) groups is 1. The van der Waals surface area contributed by atoms with E-state index >= 15 is 0 Å². The first-order chi connectivity index (χ1) is 18.7. The number of allylic oxidation sites excluding steroid dienone is 2. The Bertz CT molecular complexity index is 1300. The van der Waals surface area contributed by atoms with Crippen LogP contribution in [0.2, 0.25) is 5.02 Å². The molecule has 0 fully saturated rings. The van der Waals surface area contributed by atoms with Crippen molar-refractivity contribution in [3.63, 3.8) is 0 Å². The van der Waals surface area contributed by atoms with Crippen LogP contribution in [0, 0.1) is 19.8 Å². The molecule has 0 aliphatic heterocycles. The molecule has 0 saturated carbocycles. The van der Waals surface area contributed by atoms with Crippen molar-refractivity contribution >= 4 is 57.8 Å². The Morgan fingerprint density at radius 1 is 1.05 bits per heavy atom. The number of ether oxygens (including phenoxy) is 1. The average Bonchev–Trinajstić information content (AvgIpc) is 3.21. The molecule has 0 radical (unpaired) electrons. The largest absolute Gasteiger partial charge is 0.468 e. The lowest BCUT2D eigenvalue weighted by atomic mass is 10.2. The molecule has 1 heterocycles. The van der Waals surface area contributed by atoms with Crippen molar-refractivity contribution in [2.45, 2.75) is 41.0 Å². The summed E-state index contributed by atoms with van der Waals surface area (Å²) in [7, 11) is -4.76. The number of nitrogens with zero attached hydrogens (tertiary/aromatic N) is 1. The summed E-state index contributed by atoms with van der Waals surface area (Å²) in [5.74, 6) is -0.0502. The average molecular weight is 592 g/mol. The zero-order valence-corrected chi connectivity index (χ0v) is 25.8. The predicted molar refractivity (Wildman–Crippen MR) is 168 cm³/mol. The normalized spacial score (nSPS) is 11.2. The first kappa shape index (κ1) is 36.1. The van der Waals surface area contributed by atoms with E-state index in [-0.39, 0.29) is 5.75 Å². The van der Waals surface area contributed by atoms with E-state index in [1.54, 1.807) is 31.2 Å². The maximum atomic E-state index is 13.2. The molecule has 3 aromatic rings. The van der Waals surface area contributed by atoms with Gasteiger partial charge in [-0.05, 0) is 52.3 Å². The lowest BCUT2D eigenvalue weighted by Crippen LogP contribution is -2.21. The van der Waals surface area contributed by atoms with Crippen LogP contribution in [0.1, 0.15) is 39.8 Å². The van der Waals surface area contributed by atoms with E-state index in [2.05, 4.69) is 24.2 Å². The molecule has 2 aromatic carbocycles. The van der Waals surface area contributed by atoms with E-state index in [1.807, 2.05) is 70.2 Å². The molecule has 0 aliphatic carbocycles. The predicted octanol–water partition coefficient (Wildman–Crippen LogP) is 6.75. The van der Waals surface area contributed by atoms with Gasteiger partial charge in [-0.1, -0.05) is 67.1 Å². The SMILES string of the molecule is C#C.C=CC.CC/C=C\CS(=O)(=O)n1c(C)c(P(OCC)c2ccccc2)c2cc(Cl)ccc21.CCOC=O. The minimum absolute atomic E-state index is 0.0502. The van der Waals surface area contributed by atoms with Crippen LogP contribution in [0.4, 0.5) is 0 Å². The quantitative estimate of drug-likeness (QED) is 0.113. The van der Waals surface area contributed by atoms with Crippen LogP contribution in [0.5, 0.6) is 0 Å². The van der Waals surface area contributed by atoms with Crippen LogP contribution >= 0.6 is 19.7 Å². The number of aromatic nitrogens is 1. The van der Waals surface area contributed by atoms with Gasteiger partial charge in [0.05, 0.1) is 26.0 Å². The molecular weight excluding hydrogens is 553 g/mol. The van der Waals surface area contributed by atoms with Crippen molar-refractivity contribution in [1.82, 2.24) is 3.97 Å². The van der Waals surface area contributed by atoms with Crippen LogP contribution in [0.15, 0.2) is 73.3 Å². The summed E-state index contributed by atoms with van der Waals surface area (Å²) in [5.41, 5.74) is 1.31. The molecule has 0 spiro atoms. The molecule has 0 aliphatic rings. The number of terminal acetylenes is 1. The third-order valence-electron chi connectivity index (χ3n) is 4.75. The van der Waals surface area contributed by atoms with Gasteiger partial charge in [-0.25, -0.2) is 12.4 Å². The second-order valence-electron chi connectivity index (χ2n) is 7.53. The highest BCUT2D eigenvalue weighted by Gasteiger charge is 2.28. The monoisotopic (exact) mass is 591 g/mol. The third kappa shape index (κ3) is 11.0. The maximum absolute atomic E-state index is 13.2. The van der Waals surface area contributed by atoms with Gasteiger partial charge < -0.3 is 9.26 Å². The molecule has 0 bridgehead atoms. The Morgan fingerprint density at radius 2 is 1.67 bits per heavy atom. The first-order valence-electron chi connectivity index (χ1n) is 12.4. The van der Waals surface area contributed by atoms with E-state index in [1.165, 1.54) is 3.97 Å². The molecule has 3 rings (SSSR count). The van der Waals surface area contributed by atoms with Crippen LogP contribution in [-0.4, -0.2) is 37.8 Å². The number of rotatable bonds is 10. The Hall–Kier alpha value is -2.88. The maximum Gasteiger partial charge on any atom is 0.293 e. The van der Waals surface area contributed by atoms with Crippen LogP contribution in [0.25, 0.3) is 10.9 Å². The molecule has 9 heteroatoms. The highest BCUT2D eigenvalue weighted by atomic mass is 35.5. The van der Waals surface area contributed by atoms with Crippen LogP contribution in [-0.2, 0) is 24.1 Å². The molecule has 1 atom stereocenters. The minimum Gasteiger partial charge on any atom is -0.468 e. The molecule has 1 unspecified atom stereocenters. The summed E-state index contributed by atoms with van der Waals surface area (Å²) in [4.78, 5) is 9.18. The van der Waals surface area contributed by atoms with Crippen LogP contribution < -0.4 is 10.6 Å². The summed E-state index contributed by atoms with van der Waals surface area (Å²) in [6.07, 6.45) is 14.1. The van der Waals surface area contributed by atoms with Gasteiger partial charge in [-0.3, -0.25) is 4.79 Å². The second kappa shape index (κ2) is 20.1. The highest BCUT2D eigenvalue weighted by molar-refractivity contribution is 7.90. The van der Waals surface area contributed by atoms with Crippen molar-refractivity contribution < 1.29 is 22.5 Å². The van der Waals surface area contributed by atoms with Gasteiger partial charge in [0.15, 0.2) is 0 Å². The summed E-state index contributed by atoms with van der Waals surface area (Å²) >= 11 is 6.29. The van der Waals surface area contributed by atoms with E-state index in [0.29, 0.717) is 35.9 Å². The fourth-order valence-electron chi connectivity index (χ4n) is 3.42. The van der Waals surface area contributed by atoms with Crippen molar-refractivity contribution in [3.05, 3.63) is 84.1 Å². The Kier molecular flexibility index (Phi) is 18.6. The van der Waals surface area contributed by atoms with Gasteiger partial charge in [0, 0.05) is 33.3 Å². The molecule has 0 amide bonds. The zero-order chi connectivity index (χ0) is 29.8. The first-order valence-corrected chi connectivity index (χ1v) is 15.6. The smallest absolute Gasteiger partial charge is 0.293 e. The van der Waals surface area contributed by atoms with E-state index in [0.717, 1.165) is 22.4 Å². The lowest BCUT2D eigenvalue weighted by Gasteiger charge is -2.18. The molecule has 0 N–H and O–H groups in total. The molecule has 6 nitrogen and oxygen atoms in total. The van der Waals surface area contributed by atoms with Gasteiger partial charge in [0.25, 0.3) is 6.47 Å². The molecule has 212 valence electrons. The molecular formula is C30H39ClNO5PS. The highest BCUT2D eigenvalue weighted by Crippen LogP contribution is 2.41. The van der Waals surface area contributed by atoms with Crippen LogP contribution in [0.3, 0.4) is 0 Å². The van der Waals surface area contributed by atoms with E-state index < -0.39 is 18.2 Å². The number of fused-ring (bicyclic) bond motifs is 1. The van der Waals surface area contributed by atoms with Gasteiger partial charge in [0.2, 0.25) is 10.0 Å². The number of carbonyl (C=O) groups excluding carboxylic acids is 1. The van der Waals surface area contributed by atoms with Gasteiger partial charge in [-0.2, -0.15) is 0 Å². The molecule has 0 saturated heterocycles. The standard InChI is InChI=1S/C22H25ClNO3PS.C3H6O2.C3H6.C2H2/c1-4-6-10-15-29(25,26)24-17(3)22(20-16-18(23)13-14-21(20)24)28(27-5-2)19-11-8-7-9-12-19;1-2-5-3-4;1-3-2;1-2/h6-14,16H,4-5,15H2,1-3H3;3H,2H2,1H3;3H,1H2,2H3;1-2H/b10-6-;;;. The number of benzene rings is 2. The third-order valence-corrected chi connectivity index (χ3v) is 8.88. The Labute approximate surface area is 240 Å². The number of hydrogen-bond acceptors (Lipinski definition) is 5. The summed E-state index contributed by atoms with van der Waals surface area (Å²) in [6.45, 7) is 14.2. The molecule has 39 heavy (non-hydrogen) atoms. The number of hydrogen-bond donors (Lipinski definition) is 0. The fraction of sp³-hybridized carbons (Fsp3) is 0.300.